The summed E-state index contributed by atoms with van der Waals surface area (Å²) in [6, 6.07) is 19.3. The summed E-state index contributed by atoms with van der Waals surface area (Å²) in [4.78, 5) is 2.09. The Kier molecular flexibility index (Phi) is 4.52. The maximum absolute atomic E-state index is 3.33. The van der Waals surface area contributed by atoms with Gasteiger partial charge in [0.05, 0.1) is 0 Å². The first-order valence-corrected chi connectivity index (χ1v) is 8.14. The molecule has 0 bridgehead atoms. The second-order valence-electron chi connectivity index (χ2n) is 6.30. The quantitative estimate of drug-likeness (QED) is 0.730. The van der Waals surface area contributed by atoms with Crippen molar-refractivity contribution in [1.29, 1.82) is 0 Å². The number of aromatic nitrogens is 1. The van der Waals surface area contributed by atoms with E-state index < -0.39 is 0 Å². The molecule has 3 rings (SSSR count). The summed E-state index contributed by atoms with van der Waals surface area (Å²) in [5.74, 6) is 0. The minimum absolute atomic E-state index is 1.08. The average Bonchev–Trinajstić information content (AvgIpc) is 2.57. The van der Waals surface area contributed by atoms with E-state index in [0.717, 1.165) is 11.4 Å². The summed E-state index contributed by atoms with van der Waals surface area (Å²) in [5, 5.41) is 4.60. The second kappa shape index (κ2) is 6.75. The molecule has 3 heteroatoms. The molecule has 0 aliphatic rings. The molecule has 3 nitrogen and oxygen atoms in total. The normalized spacial score (nSPS) is 11.2. The van der Waals surface area contributed by atoms with Crippen molar-refractivity contribution in [1.82, 2.24) is 0 Å². The van der Waals surface area contributed by atoms with Crippen molar-refractivity contribution in [2.45, 2.75) is 6.92 Å². The average molecular weight is 318 g/mol. The van der Waals surface area contributed by atoms with E-state index >= 15 is 0 Å². The van der Waals surface area contributed by atoms with Crippen molar-refractivity contribution in [2.75, 3.05) is 24.3 Å². The van der Waals surface area contributed by atoms with Gasteiger partial charge in [-0.2, -0.15) is 4.57 Å². The third-order valence-corrected chi connectivity index (χ3v) is 4.25. The molecule has 0 amide bonds. The highest BCUT2D eigenvalue weighted by Crippen LogP contribution is 2.16. The molecule has 24 heavy (non-hydrogen) atoms. The lowest BCUT2D eigenvalue weighted by molar-refractivity contribution is -0.646. The number of hydrogen-bond acceptors (Lipinski definition) is 2. The molecule has 2 aromatic carbocycles. The number of anilines is 2. The van der Waals surface area contributed by atoms with E-state index in [2.05, 4.69) is 89.4 Å². The zero-order chi connectivity index (χ0) is 17.1. The molecule has 0 fully saturated rings. The molecule has 0 aliphatic carbocycles. The monoisotopic (exact) mass is 318 g/mol. The number of rotatable bonds is 4. The van der Waals surface area contributed by atoms with Crippen LogP contribution >= 0.6 is 0 Å². The fourth-order valence-electron chi connectivity index (χ4n) is 2.79. The number of pyridine rings is 1. The number of hydrogen-bond donors (Lipinski definition) is 1. The molecule has 0 aliphatic heterocycles. The summed E-state index contributed by atoms with van der Waals surface area (Å²) in [6.07, 6.45) is 4.08. The van der Waals surface area contributed by atoms with E-state index in [1.807, 2.05) is 20.3 Å². The molecule has 3 aromatic rings. The Bertz CT molecular complexity index is 877. The van der Waals surface area contributed by atoms with Crippen molar-refractivity contribution < 1.29 is 4.57 Å². The van der Waals surface area contributed by atoms with Gasteiger partial charge in [-0.05, 0) is 43.3 Å². The summed E-state index contributed by atoms with van der Waals surface area (Å²) < 4.78 is 2.21. The van der Waals surface area contributed by atoms with Crippen LogP contribution in [-0.2, 0) is 7.05 Å². The lowest BCUT2D eigenvalue weighted by Crippen LogP contribution is -2.32. The van der Waals surface area contributed by atoms with E-state index in [9.17, 15) is 0 Å². The van der Waals surface area contributed by atoms with Crippen LogP contribution in [0.2, 0.25) is 0 Å². The lowest BCUT2D eigenvalue weighted by Gasteiger charge is -2.12. The molecular formula is C21H24N3+. The molecule has 0 saturated heterocycles. The van der Waals surface area contributed by atoms with Crippen LogP contribution in [0.5, 0.6) is 0 Å². The number of aryl methyl sites for hydroxylation is 2. The zero-order valence-corrected chi connectivity index (χ0v) is 14.7. The fourth-order valence-corrected chi connectivity index (χ4v) is 2.79. The van der Waals surface area contributed by atoms with Gasteiger partial charge in [0, 0.05) is 55.3 Å². The Hall–Kier alpha value is -2.81. The molecular weight excluding hydrogens is 294 g/mol. The van der Waals surface area contributed by atoms with Crippen LogP contribution in [0.15, 0.2) is 60.8 Å². The van der Waals surface area contributed by atoms with E-state index in [0.29, 0.717) is 0 Å². The van der Waals surface area contributed by atoms with Crippen LogP contribution in [-0.4, -0.2) is 14.1 Å². The van der Waals surface area contributed by atoms with Gasteiger partial charge < -0.3 is 10.2 Å². The van der Waals surface area contributed by atoms with Gasteiger partial charge in [0.15, 0.2) is 0 Å². The molecule has 1 heterocycles. The van der Waals surface area contributed by atoms with E-state index in [-0.39, 0.29) is 0 Å². The van der Waals surface area contributed by atoms with E-state index in [1.165, 1.54) is 22.2 Å². The summed E-state index contributed by atoms with van der Waals surface area (Å²) in [7, 11) is 6.19. The SMILES string of the molecule is Cc1ccc2c(ccc(/C=C/Nc3ccc(N(C)C)cc3)[n+]2C)c1. The van der Waals surface area contributed by atoms with Gasteiger partial charge in [0.1, 0.15) is 7.05 Å². The predicted molar refractivity (Wildman–Crippen MR) is 103 cm³/mol. The summed E-state index contributed by atoms with van der Waals surface area (Å²) in [6.45, 7) is 2.12. The standard InChI is InChI=1S/C21H23N3/c1-16-5-12-21-17(15-16)6-9-20(24(21)4)13-14-22-18-7-10-19(11-8-18)23(2)3/h5-15H,1-4H3/p+1. The molecule has 0 spiro atoms. The Labute approximate surface area is 143 Å². The molecule has 0 saturated carbocycles. The van der Waals surface area contributed by atoms with Crippen LogP contribution in [0.1, 0.15) is 11.3 Å². The topological polar surface area (TPSA) is 19.1 Å². The molecule has 1 aromatic heterocycles. The first kappa shape index (κ1) is 16.1. The Morgan fingerprint density at radius 1 is 0.958 bits per heavy atom. The maximum atomic E-state index is 3.33. The van der Waals surface area contributed by atoms with Gasteiger partial charge >= 0.3 is 0 Å². The Morgan fingerprint density at radius 2 is 1.71 bits per heavy atom. The van der Waals surface area contributed by atoms with Crippen molar-refractivity contribution in [3.8, 4) is 0 Å². The van der Waals surface area contributed by atoms with Crippen LogP contribution in [0, 0.1) is 6.92 Å². The van der Waals surface area contributed by atoms with Gasteiger partial charge in [-0.3, -0.25) is 0 Å². The largest absolute Gasteiger partial charge is 0.378 e. The van der Waals surface area contributed by atoms with Crippen LogP contribution in [0.25, 0.3) is 17.0 Å². The molecule has 0 atom stereocenters. The third kappa shape index (κ3) is 3.40. The zero-order valence-electron chi connectivity index (χ0n) is 14.7. The van der Waals surface area contributed by atoms with Crippen molar-refractivity contribution in [3.05, 3.63) is 72.1 Å². The van der Waals surface area contributed by atoms with E-state index in [4.69, 9.17) is 0 Å². The summed E-state index contributed by atoms with van der Waals surface area (Å²) >= 11 is 0. The fraction of sp³-hybridized carbons (Fsp3) is 0.190. The summed E-state index contributed by atoms with van der Waals surface area (Å²) in [5.41, 5.74) is 5.95. The van der Waals surface area contributed by atoms with Crippen LogP contribution in [0.4, 0.5) is 11.4 Å². The highest BCUT2D eigenvalue weighted by molar-refractivity contribution is 5.77. The van der Waals surface area contributed by atoms with Crippen molar-refractivity contribution in [3.63, 3.8) is 0 Å². The second-order valence-corrected chi connectivity index (χ2v) is 6.30. The van der Waals surface area contributed by atoms with Crippen molar-refractivity contribution in [2.24, 2.45) is 7.05 Å². The third-order valence-electron chi connectivity index (χ3n) is 4.25. The highest BCUT2D eigenvalue weighted by atomic mass is 15.1. The van der Waals surface area contributed by atoms with Gasteiger partial charge in [0.25, 0.3) is 0 Å². The van der Waals surface area contributed by atoms with Gasteiger partial charge in [0.2, 0.25) is 11.2 Å². The Balaban J connectivity index is 1.78. The molecule has 0 radical (unpaired) electrons. The minimum Gasteiger partial charge on any atom is -0.378 e. The van der Waals surface area contributed by atoms with Crippen LogP contribution in [0.3, 0.4) is 0 Å². The van der Waals surface area contributed by atoms with Crippen LogP contribution < -0.4 is 14.8 Å². The highest BCUT2D eigenvalue weighted by Gasteiger charge is 2.08. The number of nitrogens with one attached hydrogen (secondary N) is 1. The first-order chi connectivity index (χ1) is 11.5. The lowest BCUT2D eigenvalue weighted by atomic mass is 10.1. The minimum atomic E-state index is 1.08. The Morgan fingerprint density at radius 3 is 2.42 bits per heavy atom. The molecule has 1 N–H and O–H groups in total. The van der Waals surface area contributed by atoms with E-state index in [1.54, 1.807) is 0 Å². The molecule has 0 unspecified atom stereocenters. The predicted octanol–water partition coefficient (Wildman–Crippen LogP) is 4.12. The number of nitrogens with zero attached hydrogens (tertiary/aromatic N) is 2. The van der Waals surface area contributed by atoms with Gasteiger partial charge in [-0.1, -0.05) is 11.6 Å². The number of benzene rings is 2. The molecule has 122 valence electrons. The first-order valence-electron chi connectivity index (χ1n) is 8.14. The number of fused-ring (bicyclic) bond motifs is 1. The maximum Gasteiger partial charge on any atom is 0.212 e. The van der Waals surface area contributed by atoms with Gasteiger partial charge in [-0.25, -0.2) is 0 Å². The van der Waals surface area contributed by atoms with Crippen molar-refractivity contribution >= 4 is 28.4 Å². The smallest absolute Gasteiger partial charge is 0.212 e. The van der Waals surface area contributed by atoms with Gasteiger partial charge in [-0.15, -0.1) is 0 Å².